The number of carbonyl (C=O) groups is 2. The van der Waals surface area contributed by atoms with Gasteiger partial charge < -0.3 is 14.2 Å². The summed E-state index contributed by atoms with van der Waals surface area (Å²) in [6.45, 7) is 5.91. The summed E-state index contributed by atoms with van der Waals surface area (Å²) in [6, 6.07) is 22.2. The van der Waals surface area contributed by atoms with Crippen molar-refractivity contribution in [3.05, 3.63) is 95.1 Å². The van der Waals surface area contributed by atoms with E-state index < -0.39 is 5.91 Å². The second kappa shape index (κ2) is 11.4. The number of benzene rings is 3. The number of nitrogens with zero attached hydrogens (tertiary/aromatic N) is 1. The molecule has 4 rings (SSSR count). The van der Waals surface area contributed by atoms with Crippen molar-refractivity contribution in [2.45, 2.75) is 13.8 Å². The zero-order chi connectivity index (χ0) is 24.6. The SMILES string of the molecule is Cc1ccc(OCCOCCOc2ccc(C=C3C(=O)NN(c4ccccc4)C3=O)cc2)cc1C. The van der Waals surface area contributed by atoms with E-state index in [9.17, 15) is 9.59 Å². The van der Waals surface area contributed by atoms with Gasteiger partial charge in [-0.2, -0.15) is 0 Å². The predicted octanol–water partition coefficient (Wildman–Crippen LogP) is 4.24. The maximum atomic E-state index is 12.7. The van der Waals surface area contributed by atoms with Crippen LogP contribution in [-0.2, 0) is 14.3 Å². The molecule has 1 aliphatic heterocycles. The summed E-state index contributed by atoms with van der Waals surface area (Å²) < 4.78 is 17.0. The van der Waals surface area contributed by atoms with Crippen LogP contribution in [0.1, 0.15) is 16.7 Å². The minimum absolute atomic E-state index is 0.0824. The summed E-state index contributed by atoms with van der Waals surface area (Å²) in [4.78, 5) is 25.0. The number of hydrazine groups is 1. The molecule has 0 atom stereocenters. The molecule has 3 aromatic carbocycles. The number of amides is 2. The van der Waals surface area contributed by atoms with Gasteiger partial charge in [0.25, 0.3) is 11.8 Å². The summed E-state index contributed by atoms with van der Waals surface area (Å²) >= 11 is 0. The molecular formula is C28H28N2O5. The van der Waals surface area contributed by atoms with Crippen molar-refractivity contribution in [3.8, 4) is 11.5 Å². The summed E-state index contributed by atoms with van der Waals surface area (Å²) in [5, 5.41) is 1.25. The highest BCUT2D eigenvalue weighted by Gasteiger charge is 2.34. The molecule has 1 N–H and O–H groups in total. The molecule has 1 heterocycles. The average molecular weight is 473 g/mol. The number of carbonyl (C=O) groups excluding carboxylic acids is 2. The summed E-state index contributed by atoms with van der Waals surface area (Å²) in [6.07, 6.45) is 1.57. The van der Waals surface area contributed by atoms with Crippen molar-refractivity contribution in [1.82, 2.24) is 5.43 Å². The Bertz CT molecular complexity index is 1210. The average Bonchev–Trinajstić information content (AvgIpc) is 3.15. The Morgan fingerprint density at radius 2 is 1.43 bits per heavy atom. The van der Waals surface area contributed by atoms with Gasteiger partial charge >= 0.3 is 0 Å². The maximum Gasteiger partial charge on any atom is 0.282 e. The first-order chi connectivity index (χ1) is 17.0. The first-order valence-electron chi connectivity index (χ1n) is 11.4. The van der Waals surface area contributed by atoms with Crippen molar-refractivity contribution in [3.63, 3.8) is 0 Å². The Kier molecular flexibility index (Phi) is 7.80. The molecule has 0 aliphatic carbocycles. The molecule has 1 aliphatic rings. The van der Waals surface area contributed by atoms with E-state index in [0.29, 0.717) is 37.9 Å². The van der Waals surface area contributed by atoms with Crippen LogP contribution in [0.2, 0.25) is 0 Å². The fraction of sp³-hybridized carbons (Fsp3) is 0.214. The molecule has 1 fully saturated rings. The van der Waals surface area contributed by atoms with Gasteiger partial charge in [-0.1, -0.05) is 36.4 Å². The minimum Gasteiger partial charge on any atom is -0.491 e. The van der Waals surface area contributed by atoms with Crippen LogP contribution in [-0.4, -0.2) is 38.2 Å². The van der Waals surface area contributed by atoms with Crippen LogP contribution in [0.3, 0.4) is 0 Å². The third-order valence-corrected chi connectivity index (χ3v) is 5.57. The molecule has 7 heteroatoms. The number of nitrogens with one attached hydrogen (secondary N) is 1. The predicted molar refractivity (Wildman–Crippen MR) is 134 cm³/mol. The molecule has 0 saturated carbocycles. The zero-order valence-electron chi connectivity index (χ0n) is 19.8. The molecule has 0 unspecified atom stereocenters. The number of hydrogen-bond acceptors (Lipinski definition) is 5. The third kappa shape index (κ3) is 6.28. The van der Waals surface area contributed by atoms with Gasteiger partial charge in [0.05, 0.1) is 18.9 Å². The molecule has 1 saturated heterocycles. The highest BCUT2D eigenvalue weighted by atomic mass is 16.5. The summed E-state index contributed by atoms with van der Waals surface area (Å²) in [7, 11) is 0. The van der Waals surface area contributed by atoms with Gasteiger partial charge in [0.2, 0.25) is 0 Å². The van der Waals surface area contributed by atoms with Crippen LogP contribution in [0.5, 0.6) is 11.5 Å². The van der Waals surface area contributed by atoms with Crippen molar-refractivity contribution < 1.29 is 23.8 Å². The minimum atomic E-state index is -0.433. The second-order valence-electron chi connectivity index (χ2n) is 8.10. The largest absolute Gasteiger partial charge is 0.491 e. The summed E-state index contributed by atoms with van der Waals surface area (Å²) in [5.41, 5.74) is 6.45. The summed E-state index contributed by atoms with van der Waals surface area (Å²) in [5.74, 6) is 0.695. The first-order valence-corrected chi connectivity index (χ1v) is 11.4. The van der Waals surface area contributed by atoms with Crippen molar-refractivity contribution >= 4 is 23.6 Å². The van der Waals surface area contributed by atoms with E-state index in [1.54, 1.807) is 54.6 Å². The Hall–Kier alpha value is -4.10. The van der Waals surface area contributed by atoms with Crippen molar-refractivity contribution in [2.75, 3.05) is 31.4 Å². The number of aryl methyl sites for hydroxylation is 2. The van der Waals surface area contributed by atoms with Gasteiger partial charge in [-0.05, 0) is 73.0 Å². The van der Waals surface area contributed by atoms with Gasteiger partial charge in [-0.15, -0.1) is 0 Å². The lowest BCUT2D eigenvalue weighted by atomic mass is 10.1. The Morgan fingerprint density at radius 1 is 0.771 bits per heavy atom. The van der Waals surface area contributed by atoms with Gasteiger partial charge in [0.1, 0.15) is 30.3 Å². The van der Waals surface area contributed by atoms with Crippen LogP contribution in [0.15, 0.2) is 78.4 Å². The molecule has 2 amide bonds. The van der Waals surface area contributed by atoms with E-state index in [0.717, 1.165) is 11.3 Å². The third-order valence-electron chi connectivity index (χ3n) is 5.57. The van der Waals surface area contributed by atoms with E-state index in [1.165, 1.54) is 16.1 Å². The van der Waals surface area contributed by atoms with Gasteiger partial charge in [0, 0.05) is 0 Å². The molecule has 3 aromatic rings. The topological polar surface area (TPSA) is 77.1 Å². The normalized spacial score (nSPS) is 14.3. The van der Waals surface area contributed by atoms with E-state index in [2.05, 4.69) is 19.3 Å². The van der Waals surface area contributed by atoms with Crippen LogP contribution in [0.25, 0.3) is 6.08 Å². The highest BCUT2D eigenvalue weighted by molar-refractivity contribution is 6.31. The van der Waals surface area contributed by atoms with Crippen LogP contribution < -0.4 is 19.9 Å². The van der Waals surface area contributed by atoms with Crippen LogP contribution >= 0.6 is 0 Å². The lowest BCUT2D eigenvalue weighted by Crippen LogP contribution is -2.35. The molecule has 180 valence electrons. The molecule has 0 bridgehead atoms. The molecular weight excluding hydrogens is 444 g/mol. The number of para-hydroxylation sites is 1. The highest BCUT2D eigenvalue weighted by Crippen LogP contribution is 2.22. The van der Waals surface area contributed by atoms with E-state index in [4.69, 9.17) is 14.2 Å². The number of rotatable bonds is 10. The quantitative estimate of drug-likeness (QED) is 0.271. The van der Waals surface area contributed by atoms with Crippen LogP contribution in [0, 0.1) is 13.8 Å². The standard InChI is InChI=1S/C28H28N2O5/c1-20-8-11-25(18-21(20)2)35-17-15-33-14-16-34-24-12-9-22(10-13-24)19-26-27(31)29-30(28(26)32)23-6-4-3-5-7-23/h3-13,18-19H,14-17H2,1-2H3,(H,29,31). The van der Waals surface area contributed by atoms with E-state index in [-0.39, 0.29) is 11.5 Å². The first kappa shape index (κ1) is 24.0. The Morgan fingerprint density at radius 3 is 2.11 bits per heavy atom. The van der Waals surface area contributed by atoms with Gasteiger partial charge in [-0.3, -0.25) is 15.0 Å². The molecule has 0 radical (unpaired) electrons. The van der Waals surface area contributed by atoms with Crippen LogP contribution in [0.4, 0.5) is 5.69 Å². The molecule has 0 spiro atoms. The molecule has 7 nitrogen and oxygen atoms in total. The number of ether oxygens (including phenoxy) is 3. The smallest absolute Gasteiger partial charge is 0.282 e. The Labute approximate surface area is 204 Å². The molecule has 0 aromatic heterocycles. The monoisotopic (exact) mass is 472 g/mol. The number of hydrogen-bond donors (Lipinski definition) is 1. The van der Waals surface area contributed by atoms with Crippen molar-refractivity contribution in [2.24, 2.45) is 0 Å². The molecule has 35 heavy (non-hydrogen) atoms. The lowest BCUT2D eigenvalue weighted by molar-refractivity contribution is -0.117. The fourth-order valence-corrected chi connectivity index (χ4v) is 3.49. The maximum absolute atomic E-state index is 12.7. The van der Waals surface area contributed by atoms with Gasteiger partial charge in [-0.25, -0.2) is 5.01 Å². The second-order valence-corrected chi connectivity index (χ2v) is 8.10. The van der Waals surface area contributed by atoms with E-state index >= 15 is 0 Å². The zero-order valence-corrected chi connectivity index (χ0v) is 19.8. The Balaban J connectivity index is 1.20. The lowest BCUT2D eigenvalue weighted by Gasteiger charge is -2.13. The van der Waals surface area contributed by atoms with E-state index in [1.807, 2.05) is 24.3 Å². The van der Waals surface area contributed by atoms with Crippen molar-refractivity contribution in [1.29, 1.82) is 0 Å². The fourth-order valence-electron chi connectivity index (χ4n) is 3.49. The van der Waals surface area contributed by atoms with Gasteiger partial charge in [0.15, 0.2) is 0 Å². The number of anilines is 1.